The minimum atomic E-state index is -0.251. The van der Waals surface area contributed by atoms with E-state index in [0.29, 0.717) is 22.1 Å². The number of amides is 1. The molecule has 1 amide bonds. The van der Waals surface area contributed by atoms with Gasteiger partial charge < -0.3 is 14.8 Å². The molecule has 1 aromatic heterocycles. The number of hydrogen-bond acceptors (Lipinski definition) is 5. The van der Waals surface area contributed by atoms with Gasteiger partial charge in [-0.3, -0.25) is 4.79 Å². The number of benzene rings is 1. The van der Waals surface area contributed by atoms with Crippen molar-refractivity contribution in [3.8, 4) is 11.5 Å². The normalized spacial score (nSPS) is 10.1. The van der Waals surface area contributed by atoms with Crippen LogP contribution in [-0.2, 0) is 0 Å². The molecule has 1 N–H and O–H groups in total. The van der Waals surface area contributed by atoms with Crippen LogP contribution in [-0.4, -0.2) is 24.5 Å². The van der Waals surface area contributed by atoms with E-state index in [1.165, 1.54) is 25.8 Å². The number of nitrogens with zero attached hydrogens (tertiary/aromatic N) is 1. The van der Waals surface area contributed by atoms with Gasteiger partial charge in [-0.2, -0.15) is 4.37 Å². The van der Waals surface area contributed by atoms with Crippen molar-refractivity contribution < 1.29 is 14.3 Å². The third kappa shape index (κ3) is 2.85. The molecule has 0 atom stereocenters. The Hall–Kier alpha value is -2.08. The van der Waals surface area contributed by atoms with Crippen LogP contribution in [0.4, 0.5) is 5.00 Å². The second-order valence-electron chi connectivity index (χ2n) is 3.83. The summed E-state index contributed by atoms with van der Waals surface area (Å²) in [5.74, 6) is 0.693. The average Bonchev–Trinajstić information content (AvgIpc) is 2.82. The Labute approximate surface area is 115 Å². The first kappa shape index (κ1) is 13.4. The first-order chi connectivity index (χ1) is 9.15. The highest BCUT2D eigenvalue weighted by Gasteiger charge is 2.16. The highest BCUT2D eigenvalue weighted by atomic mass is 32.1. The maximum absolute atomic E-state index is 12.2. The molecule has 0 bridgehead atoms. The van der Waals surface area contributed by atoms with Crippen molar-refractivity contribution in [2.75, 3.05) is 19.5 Å². The minimum Gasteiger partial charge on any atom is -0.493 e. The highest BCUT2D eigenvalue weighted by Crippen LogP contribution is 2.31. The minimum absolute atomic E-state index is 0.251. The number of nitrogens with one attached hydrogen (secondary N) is 1. The Morgan fingerprint density at radius 3 is 2.68 bits per heavy atom. The molecule has 0 spiro atoms. The van der Waals surface area contributed by atoms with Gasteiger partial charge >= 0.3 is 0 Å². The van der Waals surface area contributed by atoms with Crippen molar-refractivity contribution in [2.24, 2.45) is 0 Å². The van der Waals surface area contributed by atoms with Crippen LogP contribution in [0.3, 0.4) is 0 Å². The molecule has 100 valence electrons. The lowest BCUT2D eigenvalue weighted by atomic mass is 10.1. The number of anilines is 1. The molecule has 6 heteroatoms. The molecule has 0 aliphatic rings. The summed E-state index contributed by atoms with van der Waals surface area (Å²) in [5.41, 5.74) is 1.30. The third-order valence-corrected chi connectivity index (χ3v) is 3.31. The number of carbonyl (C=O) groups is 1. The first-order valence-electron chi connectivity index (χ1n) is 5.61. The number of aromatic nitrogens is 1. The van der Waals surface area contributed by atoms with Crippen LogP contribution in [0.25, 0.3) is 0 Å². The number of aryl methyl sites for hydroxylation is 1. The van der Waals surface area contributed by atoms with Crippen molar-refractivity contribution in [3.63, 3.8) is 0 Å². The fourth-order valence-corrected chi connectivity index (χ4v) is 2.32. The van der Waals surface area contributed by atoms with E-state index in [2.05, 4.69) is 9.69 Å². The number of methoxy groups -OCH3 is 2. The zero-order valence-electron chi connectivity index (χ0n) is 10.9. The lowest BCUT2D eigenvalue weighted by Crippen LogP contribution is -2.12. The molecule has 0 saturated carbocycles. The fraction of sp³-hybridized carbons (Fsp3) is 0.231. The SMILES string of the molecule is COc1cccc(C(=O)Nc2cc(C)ns2)c1OC. The zero-order valence-corrected chi connectivity index (χ0v) is 11.7. The summed E-state index contributed by atoms with van der Waals surface area (Å²) in [7, 11) is 3.04. The summed E-state index contributed by atoms with van der Waals surface area (Å²) < 4.78 is 14.5. The lowest BCUT2D eigenvalue weighted by Gasteiger charge is -2.11. The Morgan fingerprint density at radius 1 is 1.32 bits per heavy atom. The van der Waals surface area contributed by atoms with E-state index in [1.807, 2.05) is 13.0 Å². The molecule has 0 unspecified atom stereocenters. The van der Waals surface area contributed by atoms with Gasteiger partial charge in [-0.05, 0) is 36.7 Å². The summed E-state index contributed by atoms with van der Waals surface area (Å²) in [6.07, 6.45) is 0. The summed E-state index contributed by atoms with van der Waals surface area (Å²) in [4.78, 5) is 12.2. The van der Waals surface area contributed by atoms with Crippen molar-refractivity contribution in [1.29, 1.82) is 0 Å². The van der Waals surface area contributed by atoms with Crippen LogP contribution >= 0.6 is 11.5 Å². The monoisotopic (exact) mass is 278 g/mol. The Bertz CT molecular complexity index is 595. The van der Waals surface area contributed by atoms with Crippen molar-refractivity contribution in [2.45, 2.75) is 6.92 Å². The van der Waals surface area contributed by atoms with E-state index in [-0.39, 0.29) is 5.91 Å². The molecular weight excluding hydrogens is 264 g/mol. The van der Waals surface area contributed by atoms with Gasteiger partial charge in [-0.25, -0.2) is 0 Å². The van der Waals surface area contributed by atoms with Crippen LogP contribution in [0.5, 0.6) is 11.5 Å². The molecule has 1 aromatic carbocycles. The van der Waals surface area contributed by atoms with Crippen LogP contribution in [0.1, 0.15) is 16.1 Å². The standard InChI is InChI=1S/C13H14N2O3S/c1-8-7-11(19-15-8)14-13(16)9-5-4-6-10(17-2)12(9)18-3/h4-7H,1-3H3,(H,14,16). The van der Waals surface area contributed by atoms with Crippen LogP contribution in [0.2, 0.25) is 0 Å². The topological polar surface area (TPSA) is 60.5 Å². The van der Waals surface area contributed by atoms with Crippen LogP contribution < -0.4 is 14.8 Å². The van der Waals surface area contributed by atoms with Gasteiger partial charge in [0.2, 0.25) is 0 Å². The molecule has 2 rings (SSSR count). The molecule has 2 aromatic rings. The van der Waals surface area contributed by atoms with Gasteiger partial charge in [0.1, 0.15) is 5.00 Å². The van der Waals surface area contributed by atoms with Crippen LogP contribution in [0, 0.1) is 6.92 Å². The van der Waals surface area contributed by atoms with Crippen molar-refractivity contribution in [1.82, 2.24) is 4.37 Å². The molecule has 0 radical (unpaired) electrons. The fourth-order valence-electron chi connectivity index (χ4n) is 1.67. The van der Waals surface area contributed by atoms with Gasteiger partial charge in [0.25, 0.3) is 5.91 Å². The van der Waals surface area contributed by atoms with Gasteiger partial charge in [-0.1, -0.05) is 6.07 Å². The van der Waals surface area contributed by atoms with Crippen molar-refractivity contribution >= 4 is 22.4 Å². The number of carbonyl (C=O) groups excluding carboxylic acids is 1. The summed E-state index contributed by atoms with van der Waals surface area (Å²) in [5, 5.41) is 3.49. The quantitative estimate of drug-likeness (QED) is 0.934. The molecule has 5 nitrogen and oxygen atoms in total. The second-order valence-corrected chi connectivity index (χ2v) is 4.63. The molecule has 0 aliphatic carbocycles. The first-order valence-corrected chi connectivity index (χ1v) is 6.38. The van der Waals surface area contributed by atoms with Crippen molar-refractivity contribution in [3.05, 3.63) is 35.5 Å². The highest BCUT2D eigenvalue weighted by molar-refractivity contribution is 7.10. The van der Waals surface area contributed by atoms with E-state index >= 15 is 0 Å². The lowest BCUT2D eigenvalue weighted by molar-refractivity contribution is 0.102. The number of ether oxygens (including phenoxy) is 2. The van der Waals surface area contributed by atoms with E-state index in [4.69, 9.17) is 9.47 Å². The van der Waals surface area contributed by atoms with Gasteiger partial charge in [0, 0.05) is 0 Å². The van der Waals surface area contributed by atoms with Gasteiger partial charge in [0.05, 0.1) is 25.5 Å². The maximum atomic E-state index is 12.2. The van der Waals surface area contributed by atoms with E-state index in [0.717, 1.165) is 5.69 Å². The molecule has 0 saturated heterocycles. The largest absolute Gasteiger partial charge is 0.493 e. The Balaban J connectivity index is 2.28. The zero-order chi connectivity index (χ0) is 13.8. The average molecular weight is 278 g/mol. The predicted octanol–water partition coefficient (Wildman–Crippen LogP) is 2.72. The maximum Gasteiger partial charge on any atom is 0.260 e. The molecule has 19 heavy (non-hydrogen) atoms. The summed E-state index contributed by atoms with van der Waals surface area (Å²) in [6, 6.07) is 6.99. The molecular formula is C13H14N2O3S. The van der Waals surface area contributed by atoms with Gasteiger partial charge in [0.15, 0.2) is 11.5 Å². The smallest absolute Gasteiger partial charge is 0.260 e. The van der Waals surface area contributed by atoms with E-state index in [9.17, 15) is 4.79 Å². The van der Waals surface area contributed by atoms with E-state index < -0.39 is 0 Å². The number of rotatable bonds is 4. The second kappa shape index (κ2) is 5.71. The third-order valence-electron chi connectivity index (χ3n) is 2.51. The van der Waals surface area contributed by atoms with Crippen LogP contribution in [0.15, 0.2) is 24.3 Å². The Morgan fingerprint density at radius 2 is 2.11 bits per heavy atom. The summed E-state index contributed by atoms with van der Waals surface area (Å²) in [6.45, 7) is 1.87. The summed E-state index contributed by atoms with van der Waals surface area (Å²) >= 11 is 1.24. The molecule has 0 aliphatic heterocycles. The number of hydrogen-bond donors (Lipinski definition) is 1. The Kier molecular flexibility index (Phi) is 4.01. The molecule has 1 heterocycles. The predicted molar refractivity (Wildman–Crippen MR) is 74.4 cm³/mol. The molecule has 0 fully saturated rings. The van der Waals surface area contributed by atoms with E-state index in [1.54, 1.807) is 18.2 Å². The van der Waals surface area contributed by atoms with Gasteiger partial charge in [-0.15, -0.1) is 0 Å². The number of para-hydroxylation sites is 1.